The number of amides is 6. The third-order valence-corrected chi connectivity index (χ3v) is 7.57. The van der Waals surface area contributed by atoms with Gasteiger partial charge in [0.15, 0.2) is 0 Å². The number of nitrogens with one attached hydrogen (secondary N) is 5. The zero-order valence-corrected chi connectivity index (χ0v) is 28.4. The number of carboxylic acid groups (broad SMARTS) is 2. The van der Waals surface area contributed by atoms with Crippen LogP contribution in [-0.4, -0.2) is 107 Å². The molecule has 0 aliphatic rings. The maximum Gasteiger partial charge on any atom is 0.326 e. The number of urea groups is 1. The van der Waals surface area contributed by atoms with Gasteiger partial charge in [-0.1, -0.05) is 44.2 Å². The molecular weight excluding hydrogens is 626 g/mol. The van der Waals surface area contributed by atoms with E-state index in [9.17, 15) is 38.7 Å². The highest BCUT2D eigenvalue weighted by atomic mass is 16.4. The van der Waals surface area contributed by atoms with Crippen molar-refractivity contribution in [3.8, 4) is 0 Å². The summed E-state index contributed by atoms with van der Waals surface area (Å²) in [6.45, 7) is 8.12. The molecule has 6 atom stereocenters. The normalized spacial score (nSPS) is 14.7. The smallest absolute Gasteiger partial charge is 0.326 e. The van der Waals surface area contributed by atoms with Gasteiger partial charge in [0.1, 0.15) is 36.3 Å². The summed E-state index contributed by atoms with van der Waals surface area (Å²) in [6, 6.07) is 0.966. The van der Waals surface area contributed by atoms with Gasteiger partial charge in [-0.3, -0.25) is 24.0 Å². The predicted octanol–water partition coefficient (Wildman–Crippen LogP) is -0.0491. The van der Waals surface area contributed by atoms with Crippen LogP contribution in [0.1, 0.15) is 65.9 Å². The molecule has 0 saturated heterocycles. The molecule has 1 rings (SSSR count). The second-order valence-corrected chi connectivity index (χ2v) is 12.2. The molecule has 0 aromatic heterocycles. The molecule has 0 saturated carbocycles. The highest BCUT2D eigenvalue weighted by Gasteiger charge is 2.33. The number of likely N-dealkylation sites (N-methyl/N-ethyl adjacent to an activating group) is 1. The van der Waals surface area contributed by atoms with Gasteiger partial charge in [0.25, 0.3) is 0 Å². The lowest BCUT2D eigenvalue weighted by Crippen LogP contribution is -2.59. The Hall–Kier alpha value is -4.73. The van der Waals surface area contributed by atoms with E-state index in [-0.39, 0.29) is 25.2 Å². The van der Waals surface area contributed by atoms with Gasteiger partial charge in [-0.2, -0.15) is 0 Å². The third kappa shape index (κ3) is 14.4. The molecule has 0 bridgehead atoms. The van der Waals surface area contributed by atoms with Crippen molar-refractivity contribution in [3.63, 3.8) is 0 Å². The van der Waals surface area contributed by atoms with E-state index in [1.54, 1.807) is 30.3 Å². The number of carbonyl (C=O) groups is 7. The van der Waals surface area contributed by atoms with Crippen molar-refractivity contribution in [2.24, 2.45) is 11.7 Å². The Kier molecular flexibility index (Phi) is 17.6. The number of rotatable bonds is 20. The quantitative estimate of drug-likeness (QED) is 0.0855. The molecule has 16 nitrogen and oxygen atoms in total. The summed E-state index contributed by atoms with van der Waals surface area (Å²) in [4.78, 5) is 89.2. The van der Waals surface area contributed by atoms with Crippen LogP contribution < -0.4 is 32.3 Å². The van der Waals surface area contributed by atoms with Crippen molar-refractivity contribution in [1.29, 1.82) is 0 Å². The van der Waals surface area contributed by atoms with E-state index in [1.807, 2.05) is 13.8 Å². The van der Waals surface area contributed by atoms with Crippen molar-refractivity contribution < 1.29 is 43.8 Å². The number of carboxylic acids is 2. The van der Waals surface area contributed by atoms with Gasteiger partial charge in [0, 0.05) is 13.5 Å². The summed E-state index contributed by atoms with van der Waals surface area (Å²) in [5, 5.41) is 31.1. The number of hydrogen-bond donors (Lipinski definition) is 8. The number of hydrogen-bond acceptors (Lipinski definition) is 8. The van der Waals surface area contributed by atoms with Crippen LogP contribution in [0, 0.1) is 5.92 Å². The van der Waals surface area contributed by atoms with Crippen LogP contribution in [0.2, 0.25) is 0 Å². The molecule has 0 unspecified atom stereocenters. The lowest BCUT2D eigenvalue weighted by molar-refractivity contribution is -0.144. The minimum Gasteiger partial charge on any atom is -0.480 e. The van der Waals surface area contributed by atoms with E-state index in [0.29, 0.717) is 24.9 Å². The van der Waals surface area contributed by atoms with Crippen LogP contribution >= 0.6 is 0 Å². The number of nitrogens with two attached hydrogens (primary N) is 1. The van der Waals surface area contributed by atoms with Crippen LogP contribution in [0.3, 0.4) is 0 Å². The first-order valence-electron chi connectivity index (χ1n) is 15.9. The molecule has 48 heavy (non-hydrogen) atoms. The lowest BCUT2D eigenvalue weighted by atomic mass is 10.0. The molecule has 0 radical (unpaired) electrons. The Morgan fingerprint density at radius 1 is 0.708 bits per heavy atom. The largest absolute Gasteiger partial charge is 0.480 e. The second kappa shape index (κ2) is 20.5. The maximum absolute atomic E-state index is 13.4. The Morgan fingerprint density at radius 2 is 1.29 bits per heavy atom. The molecule has 16 heteroatoms. The number of benzene rings is 1. The third-order valence-electron chi connectivity index (χ3n) is 7.57. The first kappa shape index (κ1) is 41.3. The summed E-state index contributed by atoms with van der Waals surface area (Å²) in [6.07, 6.45) is 1.37. The van der Waals surface area contributed by atoms with E-state index in [0.717, 1.165) is 4.90 Å². The average molecular weight is 678 g/mol. The van der Waals surface area contributed by atoms with Gasteiger partial charge in [0.05, 0.1) is 0 Å². The van der Waals surface area contributed by atoms with E-state index < -0.39 is 77.8 Å². The first-order valence-corrected chi connectivity index (χ1v) is 15.9. The van der Waals surface area contributed by atoms with Crippen molar-refractivity contribution in [2.45, 2.75) is 103 Å². The van der Waals surface area contributed by atoms with Crippen LogP contribution in [0.25, 0.3) is 0 Å². The number of carbonyl (C=O) groups excluding carboxylic acids is 5. The Bertz CT molecular complexity index is 1260. The monoisotopic (exact) mass is 677 g/mol. The van der Waals surface area contributed by atoms with Crippen molar-refractivity contribution in [2.75, 3.05) is 13.6 Å². The van der Waals surface area contributed by atoms with Crippen LogP contribution in [0.4, 0.5) is 4.79 Å². The molecule has 6 amide bonds. The van der Waals surface area contributed by atoms with Gasteiger partial charge in [0.2, 0.25) is 23.6 Å². The average Bonchev–Trinajstić information content (AvgIpc) is 3.02. The van der Waals surface area contributed by atoms with Gasteiger partial charge in [-0.25, -0.2) is 9.59 Å². The highest BCUT2D eigenvalue weighted by molar-refractivity contribution is 5.95. The maximum atomic E-state index is 13.4. The molecule has 268 valence electrons. The number of nitrogens with zero attached hydrogens (tertiary/aromatic N) is 1. The van der Waals surface area contributed by atoms with Gasteiger partial charge < -0.3 is 47.4 Å². The van der Waals surface area contributed by atoms with Crippen molar-refractivity contribution >= 4 is 41.6 Å². The Morgan fingerprint density at radius 3 is 1.83 bits per heavy atom. The topological polar surface area (TPSA) is 249 Å². The molecule has 9 N–H and O–H groups in total. The fourth-order valence-electron chi connectivity index (χ4n) is 4.55. The summed E-state index contributed by atoms with van der Waals surface area (Å²) in [5.41, 5.74) is 6.27. The zero-order chi connectivity index (χ0) is 36.6. The van der Waals surface area contributed by atoms with Crippen LogP contribution in [0.15, 0.2) is 30.3 Å². The molecular formula is C32H51N7O9. The molecule has 0 spiro atoms. The second-order valence-electron chi connectivity index (χ2n) is 12.2. The summed E-state index contributed by atoms with van der Waals surface area (Å²) < 4.78 is 0. The van der Waals surface area contributed by atoms with Crippen LogP contribution in [-0.2, 0) is 35.2 Å². The van der Waals surface area contributed by atoms with Gasteiger partial charge in [-0.15, -0.1) is 0 Å². The molecule has 0 aliphatic heterocycles. The first-order chi connectivity index (χ1) is 22.5. The van der Waals surface area contributed by atoms with E-state index >= 15 is 0 Å². The molecule has 1 aromatic rings. The Labute approximate surface area is 280 Å². The highest BCUT2D eigenvalue weighted by Crippen LogP contribution is 2.11. The molecule has 0 fully saturated rings. The number of unbranched alkanes of at least 4 members (excludes halogenated alkanes) is 1. The molecule has 0 aliphatic carbocycles. The minimum absolute atomic E-state index is 0.0151. The predicted molar refractivity (Wildman–Crippen MR) is 176 cm³/mol. The van der Waals surface area contributed by atoms with E-state index in [2.05, 4.69) is 26.6 Å². The summed E-state index contributed by atoms with van der Waals surface area (Å²) in [5.74, 6) is -5.25. The van der Waals surface area contributed by atoms with Crippen molar-refractivity contribution in [1.82, 2.24) is 31.5 Å². The van der Waals surface area contributed by atoms with Crippen molar-refractivity contribution in [3.05, 3.63) is 35.9 Å². The standard InChI is InChI=1S/C32H51N7O9/c1-18(2)16-24(29(43)39(6)21(5)27(41)35-20(4)30(44)45)36-26(40)19(3)34-28(42)23(14-10-11-15-33)37-32(48)38-25(31(46)47)17-22-12-8-7-9-13-22/h7-9,12-13,18-21,23-25H,10-11,14-17,33H2,1-6H3,(H,34,42)(H,35,41)(H,36,40)(H,44,45)(H,46,47)(H2,37,38,48)/t19-,20-,21-,23-,24-,25+/m0/s1. The van der Waals surface area contributed by atoms with Gasteiger partial charge >= 0.3 is 18.0 Å². The lowest BCUT2D eigenvalue weighted by Gasteiger charge is -2.30. The number of aliphatic carboxylic acids is 2. The SMILES string of the molecule is CC(C)C[C@H](NC(=O)[C@H](C)NC(=O)[C@H](CCCCN)NC(=O)N[C@H](Cc1ccccc1)C(=O)O)C(=O)N(C)[C@@H](C)C(=O)N[C@@H](C)C(=O)O. The fraction of sp³-hybridized carbons (Fsp3) is 0.594. The molecule has 0 heterocycles. The van der Waals surface area contributed by atoms with Gasteiger partial charge in [-0.05, 0) is 64.5 Å². The minimum atomic E-state index is -1.27. The summed E-state index contributed by atoms with van der Waals surface area (Å²) >= 11 is 0. The zero-order valence-electron chi connectivity index (χ0n) is 28.4. The Balaban J connectivity index is 2.98. The summed E-state index contributed by atoms with van der Waals surface area (Å²) in [7, 11) is 1.36. The molecule has 1 aromatic carbocycles. The van der Waals surface area contributed by atoms with E-state index in [4.69, 9.17) is 10.8 Å². The van der Waals surface area contributed by atoms with Crippen LogP contribution in [0.5, 0.6) is 0 Å². The fourth-order valence-corrected chi connectivity index (χ4v) is 4.55. The van der Waals surface area contributed by atoms with E-state index in [1.165, 1.54) is 27.8 Å².